The maximum atomic E-state index is 14.4. The van der Waals surface area contributed by atoms with Crippen molar-refractivity contribution in [2.24, 2.45) is 5.73 Å². The van der Waals surface area contributed by atoms with Crippen molar-refractivity contribution >= 4 is 28.4 Å². The van der Waals surface area contributed by atoms with Crippen LogP contribution in [0.1, 0.15) is 5.56 Å². The summed E-state index contributed by atoms with van der Waals surface area (Å²) >= 11 is 0. The molecule has 1 aliphatic rings. The largest absolute Gasteiger partial charge is 0.379 e. The van der Waals surface area contributed by atoms with E-state index in [1.54, 1.807) is 0 Å². The predicted molar refractivity (Wildman–Crippen MR) is 118 cm³/mol. The molecule has 2 aromatic carbocycles. The molecule has 33 heavy (non-hydrogen) atoms. The fourth-order valence-electron chi connectivity index (χ4n) is 3.94. The minimum atomic E-state index is -0.952. The van der Waals surface area contributed by atoms with Gasteiger partial charge in [0.2, 0.25) is 0 Å². The van der Waals surface area contributed by atoms with Gasteiger partial charge in [0.05, 0.1) is 41.8 Å². The Bertz CT molecular complexity index is 1310. The maximum Gasteiger partial charge on any atom is 0.324 e. The Morgan fingerprint density at radius 2 is 1.97 bits per heavy atom. The van der Waals surface area contributed by atoms with Crippen molar-refractivity contribution in [1.82, 2.24) is 25.1 Å². The molecule has 0 aliphatic carbocycles. The number of primary amides is 1. The van der Waals surface area contributed by atoms with E-state index in [1.165, 1.54) is 6.20 Å². The van der Waals surface area contributed by atoms with Gasteiger partial charge in [0.25, 0.3) is 0 Å². The molecule has 9 nitrogen and oxygen atoms in total. The number of imidazole rings is 1. The predicted octanol–water partition coefficient (Wildman–Crippen LogP) is 3.28. The number of nitrogens with one attached hydrogen (secondary N) is 2. The third kappa shape index (κ3) is 4.15. The molecule has 1 saturated heterocycles. The first-order valence-electron chi connectivity index (χ1n) is 10.4. The number of amides is 2. The van der Waals surface area contributed by atoms with Gasteiger partial charge in [-0.3, -0.25) is 14.9 Å². The van der Waals surface area contributed by atoms with Crippen molar-refractivity contribution in [1.29, 1.82) is 0 Å². The number of urea groups is 1. The molecule has 170 valence electrons. The lowest BCUT2D eigenvalue weighted by atomic mass is 10.2. The number of aromatic amines is 2. The summed E-state index contributed by atoms with van der Waals surface area (Å²) in [6.07, 6.45) is 1.33. The van der Waals surface area contributed by atoms with Crippen LogP contribution >= 0.6 is 0 Å². The summed E-state index contributed by atoms with van der Waals surface area (Å²) in [5.41, 5.74) is 8.50. The molecule has 1 aliphatic heterocycles. The number of hydrogen-bond donors (Lipinski definition) is 3. The standard InChI is InChI=1S/C22H21F2N7O2/c23-14-2-4-18(15(24)10-14)31(22(25)32)19-11-26-29-20(19)21-27-16-3-1-13(9-17(16)28-21)12-30-5-7-33-8-6-30/h1-4,9-11H,5-8,12H2,(H2,25,32)(H,26,29)(H,27,28). The Balaban J connectivity index is 1.49. The first-order valence-corrected chi connectivity index (χ1v) is 10.4. The molecule has 0 bridgehead atoms. The Hall–Kier alpha value is -3.83. The van der Waals surface area contributed by atoms with E-state index in [2.05, 4.69) is 25.1 Å². The number of nitrogens with two attached hydrogens (primary N) is 1. The van der Waals surface area contributed by atoms with Gasteiger partial charge in [-0.15, -0.1) is 0 Å². The molecule has 4 aromatic rings. The number of H-pyrrole nitrogens is 2. The number of carbonyl (C=O) groups excluding carboxylic acids is 1. The molecule has 5 rings (SSSR count). The highest BCUT2D eigenvalue weighted by Crippen LogP contribution is 2.34. The first kappa shape index (κ1) is 21.0. The lowest BCUT2D eigenvalue weighted by Gasteiger charge is -2.26. The molecule has 0 spiro atoms. The molecule has 2 aromatic heterocycles. The molecule has 2 amide bonds. The molecule has 4 N–H and O–H groups in total. The SMILES string of the molecule is NC(=O)N(c1ccc(F)cc1F)c1cn[nH]c1-c1nc2ccc(CN3CCOCC3)cc2[nH]1. The van der Waals surface area contributed by atoms with Crippen molar-refractivity contribution in [2.45, 2.75) is 6.54 Å². The highest BCUT2D eigenvalue weighted by Gasteiger charge is 2.25. The van der Waals surface area contributed by atoms with Gasteiger partial charge in [-0.05, 0) is 29.8 Å². The minimum Gasteiger partial charge on any atom is -0.379 e. The van der Waals surface area contributed by atoms with Gasteiger partial charge in [0.15, 0.2) is 5.82 Å². The Kier molecular flexibility index (Phi) is 5.48. The second kappa shape index (κ2) is 8.60. The first-order chi connectivity index (χ1) is 16.0. The molecule has 0 radical (unpaired) electrons. The number of hydrogen-bond acceptors (Lipinski definition) is 5. The van der Waals surface area contributed by atoms with Gasteiger partial charge in [-0.1, -0.05) is 6.07 Å². The quantitative estimate of drug-likeness (QED) is 0.429. The van der Waals surface area contributed by atoms with Gasteiger partial charge in [-0.2, -0.15) is 5.10 Å². The summed E-state index contributed by atoms with van der Waals surface area (Å²) in [4.78, 5) is 23.3. The minimum absolute atomic E-state index is 0.181. The molecule has 0 unspecified atom stereocenters. The molecular weight excluding hydrogens is 432 g/mol. The Morgan fingerprint density at radius 3 is 2.73 bits per heavy atom. The zero-order valence-electron chi connectivity index (χ0n) is 17.5. The summed E-state index contributed by atoms with van der Waals surface area (Å²) < 4.78 is 33.2. The van der Waals surface area contributed by atoms with E-state index >= 15 is 0 Å². The average Bonchev–Trinajstić information content (AvgIpc) is 3.42. The number of halogens is 2. The van der Waals surface area contributed by atoms with Crippen LogP contribution in [0.25, 0.3) is 22.6 Å². The second-order valence-corrected chi connectivity index (χ2v) is 7.73. The highest BCUT2D eigenvalue weighted by molar-refractivity contribution is 6.01. The number of carbonyl (C=O) groups is 1. The Morgan fingerprint density at radius 1 is 1.15 bits per heavy atom. The van der Waals surface area contributed by atoms with Crippen LogP contribution in [0.5, 0.6) is 0 Å². The zero-order valence-corrected chi connectivity index (χ0v) is 17.5. The van der Waals surface area contributed by atoms with Gasteiger partial charge in [0, 0.05) is 25.7 Å². The second-order valence-electron chi connectivity index (χ2n) is 7.73. The van der Waals surface area contributed by atoms with E-state index in [0.29, 0.717) is 17.6 Å². The third-order valence-electron chi connectivity index (χ3n) is 5.52. The highest BCUT2D eigenvalue weighted by atomic mass is 19.1. The number of rotatable bonds is 5. The van der Waals surface area contributed by atoms with Crippen LogP contribution in [-0.4, -0.2) is 57.4 Å². The van der Waals surface area contributed by atoms with E-state index in [0.717, 1.165) is 66.5 Å². The van der Waals surface area contributed by atoms with Crippen LogP contribution in [0.4, 0.5) is 25.0 Å². The summed E-state index contributed by atoms with van der Waals surface area (Å²) in [6.45, 7) is 4.01. The maximum absolute atomic E-state index is 14.4. The summed E-state index contributed by atoms with van der Waals surface area (Å²) in [5.74, 6) is -1.30. The molecule has 11 heteroatoms. The van der Waals surface area contributed by atoms with E-state index in [1.807, 2.05) is 18.2 Å². The van der Waals surface area contributed by atoms with E-state index in [9.17, 15) is 13.6 Å². The number of anilines is 2. The van der Waals surface area contributed by atoms with Gasteiger partial charge >= 0.3 is 6.03 Å². The van der Waals surface area contributed by atoms with Gasteiger partial charge in [0.1, 0.15) is 17.3 Å². The van der Waals surface area contributed by atoms with Crippen molar-refractivity contribution in [2.75, 3.05) is 31.2 Å². The summed E-state index contributed by atoms with van der Waals surface area (Å²) in [7, 11) is 0. The normalized spacial score (nSPS) is 14.6. The fraction of sp³-hybridized carbons (Fsp3) is 0.227. The number of nitrogens with zero attached hydrogens (tertiary/aromatic N) is 4. The smallest absolute Gasteiger partial charge is 0.324 e. The monoisotopic (exact) mass is 453 g/mol. The number of ether oxygens (including phenoxy) is 1. The van der Waals surface area contributed by atoms with E-state index in [-0.39, 0.29) is 11.4 Å². The summed E-state index contributed by atoms with van der Waals surface area (Å²) in [5, 5.41) is 6.78. The number of fused-ring (bicyclic) bond motifs is 1. The zero-order chi connectivity index (χ0) is 22.9. The van der Waals surface area contributed by atoms with Gasteiger partial charge < -0.3 is 15.5 Å². The molecule has 0 saturated carbocycles. The average molecular weight is 453 g/mol. The molecule has 1 fully saturated rings. The number of aromatic nitrogens is 4. The van der Waals surface area contributed by atoms with Crippen LogP contribution in [0.2, 0.25) is 0 Å². The topological polar surface area (TPSA) is 116 Å². The Labute approximate surface area is 187 Å². The van der Waals surface area contributed by atoms with Crippen molar-refractivity contribution in [3.05, 3.63) is 59.8 Å². The number of morpholine rings is 1. The molecular formula is C22H21F2N7O2. The van der Waals surface area contributed by atoms with E-state index in [4.69, 9.17) is 10.5 Å². The van der Waals surface area contributed by atoms with Crippen molar-refractivity contribution < 1.29 is 18.3 Å². The molecule has 3 heterocycles. The third-order valence-corrected chi connectivity index (χ3v) is 5.52. The van der Waals surface area contributed by atoms with Crippen LogP contribution in [0, 0.1) is 11.6 Å². The van der Waals surface area contributed by atoms with Crippen LogP contribution in [-0.2, 0) is 11.3 Å². The van der Waals surface area contributed by atoms with Crippen LogP contribution in [0.3, 0.4) is 0 Å². The lowest BCUT2D eigenvalue weighted by molar-refractivity contribution is 0.0342. The summed E-state index contributed by atoms with van der Waals surface area (Å²) in [6, 6.07) is 7.86. The molecule has 0 atom stereocenters. The lowest BCUT2D eigenvalue weighted by Crippen LogP contribution is -2.35. The van der Waals surface area contributed by atoms with Crippen molar-refractivity contribution in [3.8, 4) is 11.5 Å². The fourth-order valence-corrected chi connectivity index (χ4v) is 3.94. The van der Waals surface area contributed by atoms with Crippen molar-refractivity contribution in [3.63, 3.8) is 0 Å². The van der Waals surface area contributed by atoms with E-state index < -0.39 is 17.7 Å². The number of benzene rings is 2. The van der Waals surface area contributed by atoms with Crippen LogP contribution < -0.4 is 10.6 Å². The van der Waals surface area contributed by atoms with Gasteiger partial charge in [-0.25, -0.2) is 18.6 Å². The van der Waals surface area contributed by atoms with Crippen LogP contribution in [0.15, 0.2) is 42.6 Å².